The van der Waals surface area contributed by atoms with Gasteiger partial charge in [-0.15, -0.1) is 0 Å². The van der Waals surface area contributed by atoms with E-state index in [0.29, 0.717) is 38.7 Å². The maximum atomic E-state index is 13.8. The summed E-state index contributed by atoms with van der Waals surface area (Å²) in [5, 5.41) is 2.55. The van der Waals surface area contributed by atoms with Crippen molar-refractivity contribution in [3.05, 3.63) is 107 Å². The maximum Gasteiger partial charge on any atom is 0.290 e. The molecule has 0 atom stereocenters. The van der Waals surface area contributed by atoms with Gasteiger partial charge in [0.1, 0.15) is 11.3 Å². The fourth-order valence-electron chi connectivity index (χ4n) is 4.25. The van der Waals surface area contributed by atoms with Crippen molar-refractivity contribution in [2.24, 2.45) is 0 Å². The van der Waals surface area contributed by atoms with Crippen molar-refractivity contribution in [1.82, 2.24) is 10.3 Å². The topological polar surface area (TPSA) is 102 Å². The minimum absolute atomic E-state index is 0.144. The van der Waals surface area contributed by atoms with Gasteiger partial charge in [0.2, 0.25) is 5.89 Å². The van der Waals surface area contributed by atoms with Crippen LogP contribution < -0.4 is 5.32 Å². The Balaban J connectivity index is 1.49. The SMILES string of the molecule is Cc1oc(-c2ccccc2)nc1C(=O)c1oc2ccc(C=C3SC(=O)NC3=O)cc2c1-c1ccccc1. The summed E-state index contributed by atoms with van der Waals surface area (Å²) in [4.78, 5) is 42.2. The molecule has 3 aromatic carbocycles. The minimum atomic E-state index is -0.433. The first-order valence-electron chi connectivity index (χ1n) is 11.4. The highest BCUT2D eigenvalue weighted by molar-refractivity contribution is 8.18. The first-order valence-corrected chi connectivity index (χ1v) is 12.2. The first-order chi connectivity index (χ1) is 18.0. The lowest BCUT2D eigenvalue weighted by Gasteiger charge is -2.03. The molecule has 6 rings (SSSR count). The minimum Gasteiger partial charge on any atom is -0.452 e. The second-order valence-corrected chi connectivity index (χ2v) is 9.41. The number of fused-ring (bicyclic) bond motifs is 1. The third-order valence-corrected chi connectivity index (χ3v) is 6.76. The van der Waals surface area contributed by atoms with E-state index in [0.717, 1.165) is 22.9 Å². The summed E-state index contributed by atoms with van der Waals surface area (Å²) in [6.07, 6.45) is 1.64. The van der Waals surface area contributed by atoms with Crippen molar-refractivity contribution in [3.63, 3.8) is 0 Å². The van der Waals surface area contributed by atoms with E-state index in [1.807, 2.05) is 66.7 Å². The maximum absolute atomic E-state index is 13.8. The molecule has 0 radical (unpaired) electrons. The first kappa shape index (κ1) is 22.8. The number of hydrogen-bond donors (Lipinski definition) is 1. The number of nitrogens with zero attached hydrogens (tertiary/aromatic N) is 1. The fraction of sp³-hybridized carbons (Fsp3) is 0.0345. The number of carbonyl (C=O) groups is 3. The zero-order valence-electron chi connectivity index (χ0n) is 19.5. The van der Waals surface area contributed by atoms with E-state index in [-0.39, 0.29) is 11.5 Å². The zero-order chi connectivity index (χ0) is 25.5. The number of oxazole rings is 1. The third-order valence-electron chi connectivity index (χ3n) is 5.95. The van der Waals surface area contributed by atoms with Crippen LogP contribution in [0.5, 0.6) is 0 Å². The van der Waals surface area contributed by atoms with Gasteiger partial charge in [0.15, 0.2) is 11.5 Å². The van der Waals surface area contributed by atoms with Crippen LogP contribution in [-0.2, 0) is 4.79 Å². The highest BCUT2D eigenvalue weighted by Crippen LogP contribution is 2.38. The highest BCUT2D eigenvalue weighted by Gasteiger charge is 2.28. The Labute approximate surface area is 215 Å². The molecule has 0 spiro atoms. The molecule has 2 amide bonds. The molecule has 0 saturated carbocycles. The van der Waals surface area contributed by atoms with Gasteiger partial charge in [-0.3, -0.25) is 19.7 Å². The van der Waals surface area contributed by atoms with Crippen LogP contribution >= 0.6 is 11.8 Å². The van der Waals surface area contributed by atoms with E-state index in [1.54, 1.807) is 25.1 Å². The predicted molar refractivity (Wildman–Crippen MR) is 141 cm³/mol. The molecular formula is C29H18N2O5S. The van der Waals surface area contributed by atoms with Crippen LogP contribution in [0.1, 0.15) is 27.6 Å². The van der Waals surface area contributed by atoms with E-state index in [4.69, 9.17) is 8.83 Å². The molecule has 180 valence electrons. The molecule has 1 aliphatic rings. The number of hydrogen-bond acceptors (Lipinski definition) is 7. The zero-order valence-corrected chi connectivity index (χ0v) is 20.3. The lowest BCUT2D eigenvalue weighted by Crippen LogP contribution is -2.17. The molecular weight excluding hydrogens is 488 g/mol. The Morgan fingerprint density at radius 3 is 2.30 bits per heavy atom. The number of benzene rings is 3. The molecule has 1 aliphatic heterocycles. The molecule has 3 heterocycles. The van der Waals surface area contributed by atoms with Gasteiger partial charge < -0.3 is 8.83 Å². The van der Waals surface area contributed by atoms with Crippen LogP contribution in [-0.4, -0.2) is 21.9 Å². The second kappa shape index (κ2) is 9.07. The van der Waals surface area contributed by atoms with Crippen molar-refractivity contribution < 1.29 is 23.2 Å². The molecule has 0 unspecified atom stereocenters. The van der Waals surface area contributed by atoms with Gasteiger partial charge in [-0.05, 0) is 60.2 Å². The van der Waals surface area contributed by atoms with Gasteiger partial charge >= 0.3 is 0 Å². The smallest absolute Gasteiger partial charge is 0.290 e. The van der Waals surface area contributed by atoms with Gasteiger partial charge in [0, 0.05) is 16.5 Å². The van der Waals surface area contributed by atoms with Gasteiger partial charge in [0.05, 0.1) is 4.91 Å². The number of aryl methyl sites for hydroxylation is 1. The van der Waals surface area contributed by atoms with Crippen LogP contribution in [0.2, 0.25) is 0 Å². The molecule has 0 bridgehead atoms. The van der Waals surface area contributed by atoms with Crippen molar-refractivity contribution in [2.45, 2.75) is 6.92 Å². The Morgan fingerprint density at radius 2 is 1.62 bits per heavy atom. The number of rotatable bonds is 5. The van der Waals surface area contributed by atoms with Gasteiger partial charge in [-0.25, -0.2) is 4.98 Å². The second-order valence-electron chi connectivity index (χ2n) is 8.40. The lowest BCUT2D eigenvalue weighted by atomic mass is 9.98. The van der Waals surface area contributed by atoms with Gasteiger partial charge in [0.25, 0.3) is 16.9 Å². The molecule has 5 aromatic rings. The molecule has 37 heavy (non-hydrogen) atoms. The number of thioether (sulfide) groups is 1. The molecule has 2 aromatic heterocycles. The Morgan fingerprint density at radius 1 is 0.919 bits per heavy atom. The monoisotopic (exact) mass is 506 g/mol. The molecule has 1 fully saturated rings. The number of carbonyl (C=O) groups excluding carboxylic acids is 3. The van der Waals surface area contributed by atoms with Crippen LogP contribution in [0.4, 0.5) is 4.79 Å². The summed E-state index contributed by atoms with van der Waals surface area (Å²) in [7, 11) is 0. The third kappa shape index (κ3) is 4.17. The Kier molecular flexibility index (Phi) is 5.58. The van der Waals surface area contributed by atoms with E-state index in [9.17, 15) is 14.4 Å². The number of furan rings is 1. The summed E-state index contributed by atoms with van der Waals surface area (Å²) in [5.74, 6) is 0.0642. The van der Waals surface area contributed by atoms with Crippen LogP contribution in [0, 0.1) is 6.92 Å². The fourth-order valence-corrected chi connectivity index (χ4v) is 4.93. The van der Waals surface area contributed by atoms with Crippen LogP contribution in [0.3, 0.4) is 0 Å². The largest absolute Gasteiger partial charge is 0.452 e. The average Bonchev–Trinajstić information content (AvgIpc) is 3.58. The predicted octanol–water partition coefficient (Wildman–Crippen LogP) is 6.62. The van der Waals surface area contributed by atoms with Crippen molar-refractivity contribution in [3.8, 4) is 22.6 Å². The molecule has 1 saturated heterocycles. The standard InChI is InChI=1S/C29H18N2O5S/c1-16-24(30-28(35-16)19-10-6-3-7-11-19)25(32)26-23(18-8-4-2-5-9-18)20-14-17(12-13-21(20)36-26)15-22-27(33)31-29(34)37-22/h2-15H,1H3,(H,31,33,34). The van der Waals surface area contributed by atoms with E-state index in [1.165, 1.54) is 0 Å². The normalized spacial score (nSPS) is 14.5. The molecule has 7 nitrogen and oxygen atoms in total. The summed E-state index contributed by atoms with van der Waals surface area (Å²) in [6, 6.07) is 24.2. The Bertz CT molecular complexity index is 1730. The number of nitrogens with one attached hydrogen (secondary N) is 1. The van der Waals surface area contributed by atoms with Crippen molar-refractivity contribution in [1.29, 1.82) is 0 Å². The van der Waals surface area contributed by atoms with Crippen LogP contribution in [0.25, 0.3) is 39.6 Å². The number of aromatic nitrogens is 1. The van der Waals surface area contributed by atoms with E-state index in [2.05, 4.69) is 10.3 Å². The van der Waals surface area contributed by atoms with E-state index < -0.39 is 16.9 Å². The van der Waals surface area contributed by atoms with Crippen molar-refractivity contribution in [2.75, 3.05) is 0 Å². The summed E-state index contributed by atoms with van der Waals surface area (Å²) in [5.41, 5.74) is 3.55. The van der Waals surface area contributed by atoms with Crippen molar-refractivity contribution >= 4 is 45.7 Å². The quantitative estimate of drug-likeness (QED) is 0.211. The number of amides is 2. The lowest BCUT2D eigenvalue weighted by molar-refractivity contribution is -0.115. The number of imide groups is 1. The van der Waals surface area contributed by atoms with E-state index >= 15 is 0 Å². The molecule has 8 heteroatoms. The summed E-state index contributed by atoms with van der Waals surface area (Å²) >= 11 is 0.849. The number of ketones is 1. The summed E-state index contributed by atoms with van der Waals surface area (Å²) in [6.45, 7) is 1.70. The van der Waals surface area contributed by atoms with Gasteiger partial charge in [-0.2, -0.15) is 0 Å². The van der Waals surface area contributed by atoms with Crippen LogP contribution in [0.15, 0.2) is 92.6 Å². The molecule has 1 N–H and O–H groups in total. The van der Waals surface area contributed by atoms with Gasteiger partial charge in [-0.1, -0.05) is 54.6 Å². The summed E-state index contributed by atoms with van der Waals surface area (Å²) < 4.78 is 11.9. The Hall–Kier alpha value is -4.69. The highest BCUT2D eigenvalue weighted by atomic mass is 32.2. The molecule has 0 aliphatic carbocycles. The average molecular weight is 507 g/mol.